The minimum atomic E-state index is -4.03. The number of nitrogens with one attached hydrogen (secondary N) is 1. The van der Waals surface area contributed by atoms with E-state index in [0.29, 0.717) is 5.02 Å². The van der Waals surface area contributed by atoms with Crippen LogP contribution in [0.1, 0.15) is 10.4 Å². The highest BCUT2D eigenvalue weighted by molar-refractivity contribution is 7.90. The fraction of sp³-hybridized carbons (Fsp3) is 0. The maximum absolute atomic E-state index is 12.0. The number of benzene rings is 2. The van der Waals surface area contributed by atoms with E-state index in [1.54, 1.807) is 0 Å². The Kier molecular flexibility index (Phi) is 4.97. The van der Waals surface area contributed by atoms with E-state index in [4.69, 9.17) is 11.6 Å². The molecule has 0 aliphatic carbocycles. The molecule has 0 aliphatic heterocycles. The van der Waals surface area contributed by atoms with Crippen LogP contribution in [0.5, 0.6) is 0 Å². The van der Waals surface area contributed by atoms with Crippen molar-refractivity contribution >= 4 is 38.6 Å². The lowest BCUT2D eigenvalue weighted by Gasteiger charge is -2.08. The predicted octanol–water partition coefficient (Wildman–Crippen LogP) is 1.70. The van der Waals surface area contributed by atoms with Crippen molar-refractivity contribution in [3.8, 4) is 0 Å². The lowest BCUT2D eigenvalue weighted by Crippen LogP contribution is -2.30. The van der Waals surface area contributed by atoms with Gasteiger partial charge in [0, 0.05) is 15.5 Å². The van der Waals surface area contributed by atoms with Gasteiger partial charge >= 0.3 is 0 Å². The molecule has 116 valence electrons. The van der Waals surface area contributed by atoms with Crippen LogP contribution in [0.4, 0.5) is 0 Å². The molecule has 0 spiro atoms. The summed E-state index contributed by atoms with van der Waals surface area (Å²) in [5.74, 6) is -0.863. The minimum Gasteiger partial charge on any atom is -0.768 e. The van der Waals surface area contributed by atoms with Crippen LogP contribution in [0.3, 0.4) is 0 Å². The molecule has 1 unspecified atom stereocenters. The molecule has 9 heteroatoms. The molecule has 2 aromatic carbocycles. The van der Waals surface area contributed by atoms with E-state index >= 15 is 0 Å². The number of hydrogen-bond acceptors (Lipinski definition) is 5. The van der Waals surface area contributed by atoms with Gasteiger partial charge in [-0.2, -0.15) is 0 Å². The summed E-state index contributed by atoms with van der Waals surface area (Å²) >= 11 is 3.26. The van der Waals surface area contributed by atoms with Crippen molar-refractivity contribution in [3.63, 3.8) is 0 Å². The van der Waals surface area contributed by atoms with Crippen molar-refractivity contribution in [2.24, 2.45) is 0 Å². The Hall–Kier alpha value is -1.74. The number of halogens is 1. The van der Waals surface area contributed by atoms with Crippen molar-refractivity contribution in [2.75, 3.05) is 0 Å². The predicted molar refractivity (Wildman–Crippen MR) is 79.7 cm³/mol. The van der Waals surface area contributed by atoms with Crippen molar-refractivity contribution in [2.45, 2.75) is 9.79 Å². The number of carbonyl (C=O) groups is 1. The Balaban J connectivity index is 2.20. The van der Waals surface area contributed by atoms with Gasteiger partial charge in [0.1, 0.15) is 0 Å². The van der Waals surface area contributed by atoms with Gasteiger partial charge in [-0.15, -0.1) is 0 Å². The monoisotopic (exact) mass is 358 g/mol. The third-order valence-corrected chi connectivity index (χ3v) is 4.92. The Labute approximate surface area is 134 Å². The fourth-order valence-corrected chi connectivity index (χ4v) is 3.03. The Bertz CT molecular complexity index is 817. The van der Waals surface area contributed by atoms with E-state index in [9.17, 15) is 22.0 Å². The standard InChI is InChI=1S/C13H10ClNO5S2/c14-10-3-7-12(8-4-10)22(19,20)15-13(16)9-1-5-11(6-2-9)21(17)18/h1-8H,(H,15,16)(H,17,18)/p-1. The van der Waals surface area contributed by atoms with Crippen molar-refractivity contribution in [3.05, 3.63) is 59.1 Å². The molecule has 1 atom stereocenters. The van der Waals surface area contributed by atoms with Gasteiger partial charge in [0.05, 0.1) is 4.90 Å². The van der Waals surface area contributed by atoms with Gasteiger partial charge in [-0.3, -0.25) is 9.00 Å². The molecule has 2 rings (SSSR count). The average Bonchev–Trinajstić information content (AvgIpc) is 2.47. The molecule has 22 heavy (non-hydrogen) atoms. The Morgan fingerprint density at radius 3 is 2.09 bits per heavy atom. The molecular weight excluding hydrogens is 350 g/mol. The zero-order valence-electron chi connectivity index (χ0n) is 10.9. The van der Waals surface area contributed by atoms with Crippen LogP contribution in [0.25, 0.3) is 0 Å². The first-order valence-corrected chi connectivity index (χ1v) is 8.75. The topological polar surface area (TPSA) is 103 Å². The van der Waals surface area contributed by atoms with Crippen LogP contribution in [-0.2, 0) is 21.1 Å². The van der Waals surface area contributed by atoms with Crippen molar-refractivity contribution in [1.29, 1.82) is 0 Å². The third kappa shape index (κ3) is 3.92. The number of carbonyl (C=O) groups excluding carboxylic acids is 1. The first-order valence-electron chi connectivity index (χ1n) is 5.81. The summed E-state index contributed by atoms with van der Waals surface area (Å²) in [5, 5.41) is 0.367. The number of rotatable bonds is 4. The van der Waals surface area contributed by atoms with Crippen LogP contribution in [0, 0.1) is 0 Å². The summed E-state index contributed by atoms with van der Waals surface area (Å²) in [4.78, 5) is 11.8. The van der Waals surface area contributed by atoms with Crippen LogP contribution in [0.15, 0.2) is 58.3 Å². The highest BCUT2D eigenvalue weighted by Gasteiger charge is 2.18. The molecule has 0 fully saturated rings. The Morgan fingerprint density at radius 1 is 1.05 bits per heavy atom. The molecule has 1 N–H and O–H groups in total. The largest absolute Gasteiger partial charge is 0.768 e. The van der Waals surface area contributed by atoms with Crippen LogP contribution < -0.4 is 4.72 Å². The van der Waals surface area contributed by atoms with Crippen LogP contribution in [0.2, 0.25) is 5.02 Å². The van der Waals surface area contributed by atoms with Crippen LogP contribution in [-0.4, -0.2) is 23.1 Å². The molecule has 0 saturated heterocycles. The zero-order chi connectivity index (χ0) is 16.3. The summed E-state index contributed by atoms with van der Waals surface area (Å²) in [6, 6.07) is 10.1. The second-order valence-corrected chi connectivity index (χ2v) is 7.21. The SMILES string of the molecule is O=C(NS(=O)(=O)c1ccc(Cl)cc1)c1ccc(S(=O)[O-])cc1. The molecular formula is C13H9ClNO5S2-. The number of sulfonamides is 1. The van der Waals surface area contributed by atoms with Crippen LogP contribution >= 0.6 is 11.6 Å². The summed E-state index contributed by atoms with van der Waals surface area (Å²) in [6.45, 7) is 0. The highest BCUT2D eigenvalue weighted by Crippen LogP contribution is 2.14. The van der Waals surface area contributed by atoms with Crippen molar-refractivity contribution < 1.29 is 22.0 Å². The van der Waals surface area contributed by atoms with Gasteiger partial charge in [0.2, 0.25) is 0 Å². The maximum Gasteiger partial charge on any atom is 0.264 e. The smallest absolute Gasteiger partial charge is 0.264 e. The summed E-state index contributed by atoms with van der Waals surface area (Å²) < 4.78 is 47.4. The molecule has 6 nitrogen and oxygen atoms in total. The molecule has 0 aromatic heterocycles. The van der Waals surface area contributed by atoms with E-state index in [-0.39, 0.29) is 15.4 Å². The molecule has 0 bridgehead atoms. The van der Waals surface area contributed by atoms with Gasteiger partial charge in [0.25, 0.3) is 15.9 Å². The van der Waals surface area contributed by atoms with Gasteiger partial charge in [-0.05, 0) is 59.6 Å². The normalized spacial score (nSPS) is 12.6. The summed E-state index contributed by atoms with van der Waals surface area (Å²) in [6.07, 6.45) is 0. The first kappa shape index (κ1) is 16.6. The highest BCUT2D eigenvalue weighted by atomic mass is 35.5. The average molecular weight is 359 g/mol. The quantitative estimate of drug-likeness (QED) is 0.838. The van der Waals surface area contributed by atoms with E-state index in [1.165, 1.54) is 48.5 Å². The second kappa shape index (κ2) is 6.57. The molecule has 0 aliphatic rings. The minimum absolute atomic E-state index is 0.00268. The second-order valence-electron chi connectivity index (χ2n) is 4.15. The maximum atomic E-state index is 12.0. The molecule has 0 heterocycles. The van der Waals surface area contributed by atoms with Gasteiger partial charge < -0.3 is 4.55 Å². The van der Waals surface area contributed by atoms with E-state index in [2.05, 4.69) is 0 Å². The summed E-state index contributed by atoms with van der Waals surface area (Å²) in [5.41, 5.74) is 0.0201. The Morgan fingerprint density at radius 2 is 1.59 bits per heavy atom. The summed E-state index contributed by atoms with van der Waals surface area (Å²) in [7, 11) is -4.03. The fourth-order valence-electron chi connectivity index (χ4n) is 1.57. The number of hydrogen-bond donors (Lipinski definition) is 1. The lowest BCUT2D eigenvalue weighted by atomic mass is 10.2. The van der Waals surface area contributed by atoms with E-state index < -0.39 is 27.0 Å². The van der Waals surface area contributed by atoms with Gasteiger partial charge in [-0.1, -0.05) is 11.6 Å². The molecule has 0 saturated carbocycles. The number of amides is 1. The molecule has 0 radical (unpaired) electrons. The van der Waals surface area contributed by atoms with Gasteiger partial charge in [-0.25, -0.2) is 13.1 Å². The van der Waals surface area contributed by atoms with Gasteiger partial charge in [0.15, 0.2) is 0 Å². The third-order valence-electron chi connectivity index (χ3n) is 2.66. The van der Waals surface area contributed by atoms with E-state index in [1.807, 2.05) is 4.72 Å². The molecule has 1 amide bonds. The molecule has 2 aromatic rings. The lowest BCUT2D eigenvalue weighted by molar-refractivity contribution is 0.0981. The zero-order valence-corrected chi connectivity index (χ0v) is 13.2. The van der Waals surface area contributed by atoms with Crippen molar-refractivity contribution in [1.82, 2.24) is 4.72 Å². The van der Waals surface area contributed by atoms with E-state index in [0.717, 1.165) is 0 Å². The first-order chi connectivity index (χ1) is 10.3.